The molecule has 1 saturated heterocycles. The molecule has 0 spiro atoms. The van der Waals surface area contributed by atoms with Crippen molar-refractivity contribution in [2.75, 3.05) is 7.11 Å². The van der Waals surface area contributed by atoms with E-state index < -0.39 is 29.8 Å². The quantitative estimate of drug-likeness (QED) is 0.125. The minimum atomic E-state index is -0.704. The maximum Gasteiger partial charge on any atom is 0.496 e. The Morgan fingerprint density at radius 3 is 2.15 bits per heavy atom. The summed E-state index contributed by atoms with van der Waals surface area (Å²) >= 11 is 2.16. The first-order valence-electron chi connectivity index (χ1n) is 13.2. The molecule has 1 heterocycles. The van der Waals surface area contributed by atoms with Crippen LogP contribution >= 0.6 is 22.6 Å². The van der Waals surface area contributed by atoms with Crippen LogP contribution in [0.5, 0.6) is 0 Å². The molecule has 0 bridgehead atoms. The van der Waals surface area contributed by atoms with Crippen LogP contribution in [-0.4, -0.2) is 47.8 Å². The van der Waals surface area contributed by atoms with Crippen molar-refractivity contribution < 1.29 is 23.6 Å². The van der Waals surface area contributed by atoms with Crippen LogP contribution in [-0.2, 0) is 25.4 Å². The number of benzene rings is 1. The van der Waals surface area contributed by atoms with Gasteiger partial charge in [-0.2, -0.15) is 0 Å². The molecule has 9 heteroatoms. The molecule has 0 aliphatic carbocycles. The summed E-state index contributed by atoms with van der Waals surface area (Å²) in [5.74, 6) is -0.723. The van der Waals surface area contributed by atoms with Gasteiger partial charge in [0.05, 0.1) is 28.9 Å². The Labute approximate surface area is 248 Å². The second kappa shape index (κ2) is 12.7. The highest BCUT2D eigenvalue weighted by atomic mass is 127. The molecule has 0 aromatic heterocycles. The number of hydrogen-bond acceptors (Lipinski definition) is 5. The number of nitrogens with one attached hydrogen (secondary N) is 1. The van der Waals surface area contributed by atoms with Gasteiger partial charge >= 0.3 is 7.12 Å². The molecule has 1 fully saturated rings. The number of hydrazine groups is 1. The minimum Gasteiger partial charge on any atom is -0.399 e. The van der Waals surface area contributed by atoms with Crippen molar-refractivity contribution in [1.82, 2.24) is 10.4 Å². The largest absolute Gasteiger partial charge is 0.496 e. The average Bonchev–Trinajstić information content (AvgIpc) is 3.01. The summed E-state index contributed by atoms with van der Waals surface area (Å²) < 4.78 is 18.8. The third kappa shape index (κ3) is 7.83. The average molecular weight is 650 g/mol. The van der Waals surface area contributed by atoms with Crippen molar-refractivity contribution in [2.24, 2.45) is 0 Å². The number of nitrogens with zero attached hydrogens (tertiary/aromatic N) is 1. The van der Waals surface area contributed by atoms with Crippen LogP contribution in [0.4, 0.5) is 0 Å². The maximum atomic E-state index is 13.8. The van der Waals surface area contributed by atoms with Crippen LogP contribution in [0.15, 0.2) is 47.6 Å². The fraction of sp³-hybridized carbons (Fsp3) is 0.533. The van der Waals surface area contributed by atoms with E-state index in [2.05, 4.69) is 34.6 Å². The second-order valence-electron chi connectivity index (χ2n) is 12.1. The van der Waals surface area contributed by atoms with E-state index in [0.29, 0.717) is 21.3 Å². The van der Waals surface area contributed by atoms with Gasteiger partial charge in [-0.05, 0) is 109 Å². The Morgan fingerprint density at radius 1 is 1.13 bits per heavy atom. The molecule has 2 amide bonds. The van der Waals surface area contributed by atoms with Gasteiger partial charge in [0.15, 0.2) is 0 Å². The highest BCUT2D eigenvalue weighted by Crippen LogP contribution is 2.37. The van der Waals surface area contributed by atoms with Crippen molar-refractivity contribution in [1.29, 1.82) is 0 Å². The molecular weight excluding hydrogens is 606 g/mol. The first-order valence-corrected chi connectivity index (χ1v) is 14.3. The number of carbonyl (C=O) groups excluding carboxylic acids is 2. The van der Waals surface area contributed by atoms with Crippen LogP contribution < -0.4 is 10.9 Å². The molecule has 1 aliphatic heterocycles. The van der Waals surface area contributed by atoms with Crippen molar-refractivity contribution in [3.05, 3.63) is 62.3 Å². The molecule has 0 unspecified atom stereocenters. The van der Waals surface area contributed by atoms with Gasteiger partial charge in [-0.1, -0.05) is 36.8 Å². The summed E-state index contributed by atoms with van der Waals surface area (Å²) in [6, 6.07) is 3.60. The number of halogens is 1. The zero-order valence-electron chi connectivity index (χ0n) is 25.4. The molecule has 0 atom stereocenters. The normalized spacial score (nSPS) is 17.3. The van der Waals surface area contributed by atoms with Crippen molar-refractivity contribution in [3.8, 4) is 0 Å². The third-order valence-corrected chi connectivity index (χ3v) is 8.16. The molecule has 1 aliphatic rings. The van der Waals surface area contributed by atoms with Gasteiger partial charge in [-0.25, -0.2) is 5.01 Å². The van der Waals surface area contributed by atoms with Crippen molar-refractivity contribution in [3.63, 3.8) is 0 Å². The molecular formula is C30H44BIN2O5. The fourth-order valence-corrected chi connectivity index (χ4v) is 4.94. The minimum absolute atomic E-state index is 0.316. The van der Waals surface area contributed by atoms with Crippen molar-refractivity contribution >= 4 is 47.0 Å². The highest BCUT2D eigenvalue weighted by molar-refractivity contribution is 14.1. The van der Waals surface area contributed by atoms with E-state index in [1.54, 1.807) is 19.3 Å². The summed E-state index contributed by atoms with van der Waals surface area (Å²) in [6.45, 7) is 23.7. The molecule has 1 aromatic carbocycles. The lowest BCUT2D eigenvalue weighted by Gasteiger charge is -2.36. The number of amides is 2. The van der Waals surface area contributed by atoms with Crippen LogP contribution in [0.25, 0.3) is 0 Å². The highest BCUT2D eigenvalue weighted by Gasteiger charge is 2.53. The predicted molar refractivity (Wildman–Crippen MR) is 167 cm³/mol. The number of hydrogen-bond donors (Lipinski definition) is 1. The molecule has 0 radical (unpaired) electrons. The lowest BCUT2D eigenvalue weighted by Crippen LogP contribution is -2.56. The fourth-order valence-electron chi connectivity index (χ4n) is 3.92. The van der Waals surface area contributed by atoms with Gasteiger partial charge in [0.1, 0.15) is 0 Å². The molecule has 1 aromatic rings. The van der Waals surface area contributed by atoms with E-state index in [-0.39, 0.29) is 5.91 Å². The SMILES string of the molecule is C=C(C)/C=C(\C=C(\C)CC)C(=O)N(NC(=O)c1ccc(COC)c(B2OC(C)(C)C(C)(C)O2)c1I)C(C)(C)C. The summed E-state index contributed by atoms with van der Waals surface area (Å²) in [4.78, 5) is 27.6. The maximum absolute atomic E-state index is 13.8. The predicted octanol–water partition coefficient (Wildman–Crippen LogP) is 5.87. The van der Waals surface area contributed by atoms with Crippen LogP contribution in [0.3, 0.4) is 0 Å². The van der Waals surface area contributed by atoms with E-state index >= 15 is 0 Å². The second-order valence-corrected chi connectivity index (χ2v) is 13.1. The number of allylic oxidation sites excluding steroid dienone is 3. The molecule has 0 saturated carbocycles. The zero-order chi connectivity index (χ0) is 29.9. The van der Waals surface area contributed by atoms with Crippen LogP contribution in [0.1, 0.15) is 91.6 Å². The van der Waals surface area contributed by atoms with Gasteiger partial charge < -0.3 is 14.0 Å². The van der Waals surface area contributed by atoms with E-state index in [1.807, 2.05) is 81.4 Å². The number of carbonyl (C=O) groups is 2. The Hall–Kier alpha value is -1.95. The van der Waals surface area contributed by atoms with Gasteiger partial charge in [0.2, 0.25) is 0 Å². The Balaban J connectivity index is 2.55. The Morgan fingerprint density at radius 2 is 1.69 bits per heavy atom. The van der Waals surface area contributed by atoms with E-state index in [9.17, 15) is 9.59 Å². The molecule has 214 valence electrons. The topological polar surface area (TPSA) is 77.1 Å². The van der Waals surface area contributed by atoms with E-state index in [0.717, 1.165) is 28.6 Å². The zero-order valence-corrected chi connectivity index (χ0v) is 27.5. The number of rotatable bonds is 8. The van der Waals surface area contributed by atoms with Gasteiger partial charge in [-0.15, -0.1) is 0 Å². The molecule has 2 rings (SSSR count). The lowest BCUT2D eigenvalue weighted by molar-refractivity contribution is -0.134. The summed E-state index contributed by atoms with van der Waals surface area (Å²) in [5, 5.41) is 1.39. The van der Waals surface area contributed by atoms with Crippen LogP contribution in [0.2, 0.25) is 0 Å². The van der Waals surface area contributed by atoms with Crippen molar-refractivity contribution in [2.45, 2.75) is 99.0 Å². The van der Waals surface area contributed by atoms with Crippen LogP contribution in [0, 0.1) is 3.57 Å². The lowest BCUT2D eigenvalue weighted by atomic mass is 9.75. The van der Waals surface area contributed by atoms with Gasteiger partial charge in [-0.3, -0.25) is 15.0 Å². The summed E-state index contributed by atoms with van der Waals surface area (Å²) in [5.41, 5.74) is 5.37. The first kappa shape index (κ1) is 33.3. The standard InChI is InChI=1S/C30H44BIN2O5/c1-13-20(4)17-22(16-19(2)3)27(36)34(28(5,6)7)33-26(35)23-15-14-21(18-37-12)24(25(23)32)31-38-29(8,9)30(10,11)39-31/h14-17H,2,13,18H2,1,3-12H3,(H,33,35)/b20-17-,22-16+. The molecule has 39 heavy (non-hydrogen) atoms. The Bertz CT molecular complexity index is 1160. The van der Waals surface area contributed by atoms with Gasteiger partial charge in [0.25, 0.3) is 11.8 Å². The van der Waals surface area contributed by atoms with E-state index in [4.69, 9.17) is 14.0 Å². The monoisotopic (exact) mass is 650 g/mol. The summed E-state index contributed by atoms with van der Waals surface area (Å²) in [7, 11) is 0.950. The first-order chi connectivity index (χ1) is 17.9. The Kier molecular flexibility index (Phi) is 10.8. The third-order valence-electron chi connectivity index (χ3n) is 7.00. The number of methoxy groups -OCH3 is 1. The van der Waals surface area contributed by atoms with E-state index in [1.165, 1.54) is 5.01 Å². The molecule has 7 nitrogen and oxygen atoms in total. The number of ether oxygens (including phenoxy) is 1. The smallest absolute Gasteiger partial charge is 0.399 e. The summed E-state index contributed by atoms with van der Waals surface area (Å²) in [6.07, 6.45) is 4.39. The molecule has 1 N–H and O–H groups in total. The van der Waals surface area contributed by atoms with Gasteiger partial charge in [0, 0.05) is 21.7 Å².